The van der Waals surface area contributed by atoms with E-state index >= 15 is 0 Å². The Morgan fingerprint density at radius 3 is 2.72 bits per heavy atom. The van der Waals surface area contributed by atoms with Crippen LogP contribution >= 0.6 is 0 Å². The third kappa shape index (κ3) is 3.76. The summed E-state index contributed by atoms with van der Waals surface area (Å²) in [5.41, 5.74) is 2.59. The predicted molar refractivity (Wildman–Crippen MR) is 81.5 cm³/mol. The van der Waals surface area contributed by atoms with E-state index in [-0.39, 0.29) is 0 Å². The molecule has 2 unspecified atom stereocenters. The van der Waals surface area contributed by atoms with Gasteiger partial charge in [-0.15, -0.1) is 0 Å². The molecule has 1 heterocycles. The van der Waals surface area contributed by atoms with Crippen molar-refractivity contribution in [1.82, 2.24) is 4.90 Å². The molecule has 1 fully saturated rings. The molecule has 0 amide bonds. The molecule has 1 rings (SSSR count). The minimum Gasteiger partial charge on any atom is -0.371 e. The molecule has 1 saturated heterocycles. The molecule has 0 saturated carbocycles. The zero-order chi connectivity index (χ0) is 13.5. The van der Waals surface area contributed by atoms with Crippen molar-refractivity contribution in [3.8, 4) is 0 Å². The van der Waals surface area contributed by atoms with E-state index < -0.39 is 0 Å². The van der Waals surface area contributed by atoms with E-state index in [0.717, 1.165) is 12.3 Å². The van der Waals surface area contributed by atoms with Gasteiger partial charge in [0.15, 0.2) is 0 Å². The van der Waals surface area contributed by atoms with E-state index in [1.165, 1.54) is 43.6 Å². The van der Waals surface area contributed by atoms with Crippen molar-refractivity contribution in [3.63, 3.8) is 0 Å². The van der Waals surface area contributed by atoms with Gasteiger partial charge in [0.2, 0.25) is 0 Å². The van der Waals surface area contributed by atoms with Crippen LogP contribution < -0.4 is 0 Å². The molecule has 0 aromatic carbocycles. The SMILES string of the molecule is C=C/C=C(\C(=C)C(C)CC)N1CCCC(CC)C1. The Kier molecular flexibility index (Phi) is 6.24. The Bertz CT molecular complexity index is 314. The molecular formula is C17H29N. The van der Waals surface area contributed by atoms with Gasteiger partial charge in [0.1, 0.15) is 0 Å². The Balaban J connectivity index is 2.82. The van der Waals surface area contributed by atoms with Crippen molar-refractivity contribution in [2.24, 2.45) is 11.8 Å². The minimum atomic E-state index is 0.554. The first kappa shape index (κ1) is 15.1. The maximum atomic E-state index is 4.31. The van der Waals surface area contributed by atoms with Crippen LogP contribution in [0.2, 0.25) is 0 Å². The first-order valence-electron chi connectivity index (χ1n) is 7.40. The Morgan fingerprint density at radius 1 is 1.44 bits per heavy atom. The molecule has 2 atom stereocenters. The van der Waals surface area contributed by atoms with Gasteiger partial charge < -0.3 is 4.90 Å². The third-order valence-corrected chi connectivity index (χ3v) is 4.25. The molecule has 0 N–H and O–H groups in total. The molecule has 1 aliphatic rings. The molecule has 18 heavy (non-hydrogen) atoms. The highest BCUT2D eigenvalue weighted by Crippen LogP contribution is 2.29. The molecule has 102 valence electrons. The van der Waals surface area contributed by atoms with Crippen LogP contribution in [0.15, 0.2) is 36.6 Å². The Hall–Kier alpha value is -0.980. The van der Waals surface area contributed by atoms with Crippen LogP contribution in [-0.2, 0) is 0 Å². The van der Waals surface area contributed by atoms with Crippen LogP contribution in [-0.4, -0.2) is 18.0 Å². The average Bonchev–Trinajstić information content (AvgIpc) is 2.43. The maximum absolute atomic E-state index is 4.31. The van der Waals surface area contributed by atoms with Crippen molar-refractivity contribution in [1.29, 1.82) is 0 Å². The lowest BCUT2D eigenvalue weighted by atomic mass is 9.91. The van der Waals surface area contributed by atoms with Crippen molar-refractivity contribution in [3.05, 3.63) is 36.6 Å². The van der Waals surface area contributed by atoms with Crippen LogP contribution in [0.5, 0.6) is 0 Å². The summed E-state index contributed by atoms with van der Waals surface area (Å²) in [6.45, 7) is 17.3. The molecular weight excluding hydrogens is 218 g/mol. The van der Waals surface area contributed by atoms with Crippen LogP contribution in [0, 0.1) is 11.8 Å². The average molecular weight is 247 g/mol. The van der Waals surface area contributed by atoms with Gasteiger partial charge >= 0.3 is 0 Å². The van der Waals surface area contributed by atoms with Crippen molar-refractivity contribution >= 4 is 0 Å². The largest absolute Gasteiger partial charge is 0.371 e. The van der Waals surface area contributed by atoms with Crippen molar-refractivity contribution in [2.75, 3.05) is 13.1 Å². The van der Waals surface area contributed by atoms with Crippen LogP contribution in [0.1, 0.15) is 46.5 Å². The number of nitrogens with zero attached hydrogens (tertiary/aromatic N) is 1. The Morgan fingerprint density at radius 2 is 2.17 bits per heavy atom. The number of hydrogen-bond acceptors (Lipinski definition) is 1. The number of piperidine rings is 1. The molecule has 1 nitrogen and oxygen atoms in total. The van der Waals surface area contributed by atoms with Gasteiger partial charge in [0, 0.05) is 18.8 Å². The summed E-state index contributed by atoms with van der Waals surface area (Å²) in [5, 5.41) is 0. The van der Waals surface area contributed by atoms with Gasteiger partial charge in [-0.25, -0.2) is 0 Å². The zero-order valence-electron chi connectivity index (χ0n) is 12.4. The van der Waals surface area contributed by atoms with Gasteiger partial charge in [0.05, 0.1) is 0 Å². The van der Waals surface area contributed by atoms with E-state index in [0.29, 0.717) is 5.92 Å². The normalized spacial score (nSPS) is 22.7. The van der Waals surface area contributed by atoms with Crippen LogP contribution in [0.4, 0.5) is 0 Å². The summed E-state index contributed by atoms with van der Waals surface area (Å²) in [5.74, 6) is 1.40. The maximum Gasteiger partial charge on any atom is 0.0395 e. The molecule has 1 heteroatoms. The van der Waals surface area contributed by atoms with E-state index in [1.807, 2.05) is 6.08 Å². The number of allylic oxidation sites excluding steroid dienone is 3. The second kappa shape index (κ2) is 7.45. The van der Waals surface area contributed by atoms with Crippen LogP contribution in [0.3, 0.4) is 0 Å². The highest BCUT2D eigenvalue weighted by atomic mass is 15.1. The van der Waals surface area contributed by atoms with E-state index in [1.54, 1.807) is 0 Å². The fourth-order valence-corrected chi connectivity index (χ4v) is 2.64. The molecule has 0 aromatic heterocycles. The number of rotatable bonds is 6. The first-order valence-corrected chi connectivity index (χ1v) is 7.40. The molecule has 0 bridgehead atoms. The second-order valence-corrected chi connectivity index (χ2v) is 5.48. The first-order chi connectivity index (χ1) is 8.63. The summed E-state index contributed by atoms with van der Waals surface area (Å²) < 4.78 is 0. The molecule has 0 spiro atoms. The standard InChI is InChI=1S/C17H29N/c1-6-10-17(15(5)14(4)7-2)18-12-9-11-16(8-3)13-18/h6,10,14,16H,1,5,7-9,11-13H2,2-4H3/b17-10+. The quantitative estimate of drug-likeness (QED) is 0.610. The predicted octanol–water partition coefficient (Wildman–Crippen LogP) is 4.78. The molecule has 1 aliphatic heterocycles. The van der Waals surface area contributed by atoms with E-state index in [9.17, 15) is 0 Å². The third-order valence-electron chi connectivity index (χ3n) is 4.25. The summed E-state index contributed by atoms with van der Waals surface area (Å²) in [6.07, 6.45) is 9.17. The summed E-state index contributed by atoms with van der Waals surface area (Å²) in [4.78, 5) is 2.52. The van der Waals surface area contributed by atoms with E-state index in [4.69, 9.17) is 0 Å². The van der Waals surface area contributed by atoms with Gasteiger partial charge in [-0.3, -0.25) is 0 Å². The van der Waals surface area contributed by atoms with Gasteiger partial charge in [0.25, 0.3) is 0 Å². The monoisotopic (exact) mass is 247 g/mol. The highest BCUT2D eigenvalue weighted by Gasteiger charge is 2.22. The lowest BCUT2D eigenvalue weighted by Gasteiger charge is -2.37. The zero-order valence-corrected chi connectivity index (χ0v) is 12.4. The summed E-state index contributed by atoms with van der Waals surface area (Å²) in [6, 6.07) is 0. The number of hydrogen-bond donors (Lipinski definition) is 0. The van der Waals surface area contributed by atoms with Crippen molar-refractivity contribution in [2.45, 2.75) is 46.5 Å². The topological polar surface area (TPSA) is 3.24 Å². The lowest BCUT2D eigenvalue weighted by molar-refractivity contribution is 0.214. The van der Waals surface area contributed by atoms with E-state index in [2.05, 4.69) is 44.9 Å². The second-order valence-electron chi connectivity index (χ2n) is 5.48. The van der Waals surface area contributed by atoms with Crippen LogP contribution in [0.25, 0.3) is 0 Å². The fourth-order valence-electron chi connectivity index (χ4n) is 2.64. The minimum absolute atomic E-state index is 0.554. The van der Waals surface area contributed by atoms with Crippen molar-refractivity contribution < 1.29 is 0 Å². The summed E-state index contributed by atoms with van der Waals surface area (Å²) >= 11 is 0. The molecule has 0 aliphatic carbocycles. The fraction of sp³-hybridized carbons (Fsp3) is 0.647. The Labute approximate surface area is 113 Å². The number of likely N-dealkylation sites (tertiary alicyclic amines) is 1. The van der Waals surface area contributed by atoms with Gasteiger partial charge in [-0.05, 0) is 42.7 Å². The lowest BCUT2D eigenvalue weighted by Crippen LogP contribution is -2.35. The van der Waals surface area contributed by atoms with Gasteiger partial charge in [-0.1, -0.05) is 46.4 Å². The molecule has 0 radical (unpaired) electrons. The van der Waals surface area contributed by atoms with Gasteiger partial charge in [-0.2, -0.15) is 0 Å². The summed E-state index contributed by atoms with van der Waals surface area (Å²) in [7, 11) is 0. The smallest absolute Gasteiger partial charge is 0.0395 e. The highest BCUT2D eigenvalue weighted by molar-refractivity contribution is 5.32. The molecule has 0 aromatic rings.